The van der Waals surface area contributed by atoms with Crippen LogP contribution in [0, 0.1) is 0 Å². The Morgan fingerprint density at radius 3 is 2.22 bits per heavy atom. The Hall–Kier alpha value is -3.15. The number of nitrogens with zero attached hydrogens (tertiary/aromatic N) is 1. The standard InChI is InChI=1S/C21H23NO5/c1-15(20(23)25-2)22-27-14-19(17-7-5-4-6-8-17)13-16-9-11-18(12-10-16)21(24)26-3/h4-12,19H,13-14H2,1-3H3/b22-15+. The lowest BCUT2D eigenvalue weighted by Gasteiger charge is -2.16. The van der Waals surface area contributed by atoms with Crippen LogP contribution in [-0.4, -0.2) is 38.5 Å². The van der Waals surface area contributed by atoms with Crippen molar-refractivity contribution in [3.63, 3.8) is 0 Å². The molecule has 0 N–H and O–H groups in total. The first-order chi connectivity index (χ1) is 13.0. The third-order valence-corrected chi connectivity index (χ3v) is 4.09. The minimum absolute atomic E-state index is 0.0318. The fourth-order valence-electron chi connectivity index (χ4n) is 2.59. The molecule has 6 nitrogen and oxygen atoms in total. The average molecular weight is 369 g/mol. The molecule has 27 heavy (non-hydrogen) atoms. The molecule has 1 atom stereocenters. The molecule has 2 aromatic rings. The van der Waals surface area contributed by atoms with Crippen LogP contribution in [0.4, 0.5) is 0 Å². The van der Waals surface area contributed by atoms with Crippen molar-refractivity contribution in [2.45, 2.75) is 19.3 Å². The van der Waals surface area contributed by atoms with Gasteiger partial charge < -0.3 is 14.3 Å². The van der Waals surface area contributed by atoms with Crippen molar-refractivity contribution >= 4 is 17.7 Å². The lowest BCUT2D eigenvalue weighted by atomic mass is 9.92. The smallest absolute Gasteiger partial charge is 0.355 e. The van der Waals surface area contributed by atoms with Gasteiger partial charge in [-0.3, -0.25) is 0 Å². The summed E-state index contributed by atoms with van der Waals surface area (Å²) in [5, 5.41) is 3.83. The molecule has 0 fully saturated rings. The van der Waals surface area contributed by atoms with Crippen LogP contribution in [0.25, 0.3) is 0 Å². The van der Waals surface area contributed by atoms with Crippen molar-refractivity contribution in [1.82, 2.24) is 0 Å². The normalized spacial score (nSPS) is 12.2. The van der Waals surface area contributed by atoms with Gasteiger partial charge in [0.25, 0.3) is 0 Å². The quantitative estimate of drug-likeness (QED) is 0.405. The number of esters is 2. The molecule has 0 saturated carbocycles. The molecule has 0 bridgehead atoms. The van der Waals surface area contributed by atoms with Gasteiger partial charge in [-0.25, -0.2) is 9.59 Å². The minimum Gasteiger partial charge on any atom is -0.465 e. The molecule has 0 aliphatic rings. The van der Waals surface area contributed by atoms with Gasteiger partial charge in [0, 0.05) is 5.92 Å². The Kier molecular flexibility index (Phi) is 7.55. The lowest BCUT2D eigenvalue weighted by molar-refractivity contribution is -0.133. The maximum atomic E-state index is 11.6. The largest absolute Gasteiger partial charge is 0.465 e. The highest BCUT2D eigenvalue weighted by molar-refractivity contribution is 6.35. The fraction of sp³-hybridized carbons (Fsp3) is 0.286. The first-order valence-electron chi connectivity index (χ1n) is 8.52. The summed E-state index contributed by atoms with van der Waals surface area (Å²) >= 11 is 0. The van der Waals surface area contributed by atoms with E-state index < -0.39 is 5.97 Å². The average Bonchev–Trinajstić information content (AvgIpc) is 2.72. The molecular formula is C21H23NO5. The van der Waals surface area contributed by atoms with E-state index in [0.29, 0.717) is 18.6 Å². The van der Waals surface area contributed by atoms with Crippen molar-refractivity contribution in [3.05, 3.63) is 71.3 Å². The highest BCUT2D eigenvalue weighted by atomic mass is 16.6. The maximum Gasteiger partial charge on any atom is 0.355 e. The maximum absolute atomic E-state index is 11.6. The van der Waals surface area contributed by atoms with Crippen LogP contribution in [0.15, 0.2) is 59.8 Å². The molecule has 0 heterocycles. The zero-order chi connectivity index (χ0) is 19.6. The Morgan fingerprint density at radius 2 is 1.63 bits per heavy atom. The molecule has 0 aliphatic carbocycles. The third kappa shape index (κ3) is 5.95. The molecule has 142 valence electrons. The van der Waals surface area contributed by atoms with Gasteiger partial charge in [-0.2, -0.15) is 0 Å². The first-order valence-corrected chi connectivity index (χ1v) is 8.52. The molecule has 0 radical (unpaired) electrons. The summed E-state index contributed by atoms with van der Waals surface area (Å²) in [6.07, 6.45) is 0.693. The molecular weight excluding hydrogens is 346 g/mol. The first kappa shape index (κ1) is 20.2. The van der Waals surface area contributed by atoms with Crippen LogP contribution in [0.2, 0.25) is 0 Å². The second-order valence-corrected chi connectivity index (χ2v) is 5.96. The van der Waals surface area contributed by atoms with Gasteiger partial charge in [-0.15, -0.1) is 0 Å². The number of methoxy groups -OCH3 is 2. The Bertz CT molecular complexity index is 784. The number of carbonyl (C=O) groups is 2. The van der Waals surface area contributed by atoms with E-state index in [-0.39, 0.29) is 17.6 Å². The van der Waals surface area contributed by atoms with E-state index in [0.717, 1.165) is 11.1 Å². The third-order valence-electron chi connectivity index (χ3n) is 4.09. The highest BCUT2D eigenvalue weighted by Gasteiger charge is 2.15. The number of rotatable bonds is 8. The predicted molar refractivity (Wildman–Crippen MR) is 102 cm³/mol. The van der Waals surface area contributed by atoms with Gasteiger partial charge in [-0.1, -0.05) is 47.6 Å². The van der Waals surface area contributed by atoms with Gasteiger partial charge in [0.2, 0.25) is 0 Å². The predicted octanol–water partition coefficient (Wildman–Crippen LogP) is 3.37. The van der Waals surface area contributed by atoms with E-state index in [2.05, 4.69) is 9.89 Å². The Balaban J connectivity index is 2.11. The van der Waals surface area contributed by atoms with Gasteiger partial charge in [0.15, 0.2) is 5.71 Å². The number of benzene rings is 2. The molecule has 0 amide bonds. The number of hydrogen-bond donors (Lipinski definition) is 0. The summed E-state index contributed by atoms with van der Waals surface area (Å²) in [6.45, 7) is 1.84. The summed E-state index contributed by atoms with van der Waals surface area (Å²) in [5.41, 5.74) is 2.81. The lowest BCUT2D eigenvalue weighted by Crippen LogP contribution is -2.14. The van der Waals surface area contributed by atoms with E-state index in [1.54, 1.807) is 12.1 Å². The zero-order valence-corrected chi connectivity index (χ0v) is 15.7. The number of hydrogen-bond acceptors (Lipinski definition) is 6. The molecule has 1 unspecified atom stereocenters. The molecule has 2 rings (SSSR count). The van der Waals surface area contributed by atoms with Gasteiger partial charge in [-0.05, 0) is 36.6 Å². The number of oxime groups is 1. The van der Waals surface area contributed by atoms with E-state index in [1.807, 2.05) is 42.5 Å². The van der Waals surface area contributed by atoms with Crippen molar-refractivity contribution in [3.8, 4) is 0 Å². The summed E-state index contributed by atoms with van der Waals surface area (Å²) in [6, 6.07) is 17.2. The summed E-state index contributed by atoms with van der Waals surface area (Å²) in [5.74, 6) is -0.855. The van der Waals surface area contributed by atoms with Crippen LogP contribution < -0.4 is 0 Å². The summed E-state index contributed by atoms with van der Waals surface area (Å²) in [4.78, 5) is 28.3. The van der Waals surface area contributed by atoms with Gasteiger partial charge in [0.1, 0.15) is 6.61 Å². The molecule has 6 heteroatoms. The molecule has 0 aromatic heterocycles. The van der Waals surface area contributed by atoms with Crippen molar-refractivity contribution in [1.29, 1.82) is 0 Å². The second kappa shape index (κ2) is 10.1. The molecule has 0 aliphatic heterocycles. The monoisotopic (exact) mass is 369 g/mol. The van der Waals surface area contributed by atoms with Crippen LogP contribution in [0.5, 0.6) is 0 Å². The Morgan fingerprint density at radius 1 is 0.963 bits per heavy atom. The van der Waals surface area contributed by atoms with Crippen LogP contribution in [-0.2, 0) is 25.5 Å². The second-order valence-electron chi connectivity index (χ2n) is 5.96. The Labute approximate surface area is 158 Å². The number of carbonyl (C=O) groups excluding carboxylic acids is 2. The van der Waals surface area contributed by atoms with Crippen molar-refractivity contribution in [2.75, 3.05) is 20.8 Å². The number of ether oxygens (including phenoxy) is 2. The van der Waals surface area contributed by atoms with Crippen LogP contribution >= 0.6 is 0 Å². The molecule has 0 spiro atoms. The van der Waals surface area contributed by atoms with E-state index >= 15 is 0 Å². The molecule has 0 saturated heterocycles. The summed E-state index contributed by atoms with van der Waals surface area (Å²) < 4.78 is 9.32. The van der Waals surface area contributed by atoms with Crippen LogP contribution in [0.1, 0.15) is 34.3 Å². The SMILES string of the molecule is COC(=O)/C(C)=N/OCC(Cc1ccc(C(=O)OC)cc1)c1ccccc1. The fourth-order valence-corrected chi connectivity index (χ4v) is 2.59. The van der Waals surface area contributed by atoms with Crippen LogP contribution in [0.3, 0.4) is 0 Å². The van der Waals surface area contributed by atoms with E-state index in [9.17, 15) is 9.59 Å². The topological polar surface area (TPSA) is 74.2 Å². The van der Waals surface area contributed by atoms with E-state index in [4.69, 9.17) is 9.57 Å². The summed E-state index contributed by atoms with van der Waals surface area (Å²) in [7, 11) is 2.65. The van der Waals surface area contributed by atoms with Crippen molar-refractivity contribution < 1.29 is 23.9 Å². The highest BCUT2D eigenvalue weighted by Crippen LogP contribution is 2.22. The molecule has 2 aromatic carbocycles. The zero-order valence-electron chi connectivity index (χ0n) is 15.7. The van der Waals surface area contributed by atoms with Gasteiger partial charge in [0.05, 0.1) is 19.8 Å². The van der Waals surface area contributed by atoms with Gasteiger partial charge >= 0.3 is 11.9 Å². The van der Waals surface area contributed by atoms with E-state index in [1.165, 1.54) is 21.1 Å². The minimum atomic E-state index is -0.523. The van der Waals surface area contributed by atoms with Crippen molar-refractivity contribution in [2.24, 2.45) is 5.16 Å².